The fourth-order valence-corrected chi connectivity index (χ4v) is 3.44. The molecule has 0 spiro atoms. The van der Waals surface area contributed by atoms with Gasteiger partial charge in [-0.05, 0) is 43.2 Å². The number of hydrogen-bond donors (Lipinski definition) is 1. The molecule has 0 radical (unpaired) electrons. The first-order chi connectivity index (χ1) is 7.20. The summed E-state index contributed by atoms with van der Waals surface area (Å²) in [5.74, 6) is 0.622. The largest absolute Gasteiger partial charge is 0.388 e. The van der Waals surface area contributed by atoms with Gasteiger partial charge >= 0.3 is 0 Å². The van der Waals surface area contributed by atoms with Crippen LogP contribution in [-0.4, -0.2) is 5.11 Å². The maximum atomic E-state index is 10.1. The highest BCUT2D eigenvalue weighted by atomic mass is 32.1. The molecule has 0 amide bonds. The SMILES string of the molecule is CCC(C)CC(O)c1cc2c(s1)CCC2. The molecule has 1 aliphatic rings. The predicted octanol–water partition coefficient (Wildman–Crippen LogP) is 3.71. The van der Waals surface area contributed by atoms with Crippen LogP contribution in [0.5, 0.6) is 0 Å². The lowest BCUT2D eigenvalue weighted by molar-refractivity contribution is 0.150. The van der Waals surface area contributed by atoms with Gasteiger partial charge in [-0.3, -0.25) is 0 Å². The van der Waals surface area contributed by atoms with Gasteiger partial charge < -0.3 is 5.11 Å². The van der Waals surface area contributed by atoms with Crippen LogP contribution in [0.15, 0.2) is 6.07 Å². The van der Waals surface area contributed by atoms with Gasteiger partial charge in [-0.25, -0.2) is 0 Å². The highest BCUT2D eigenvalue weighted by molar-refractivity contribution is 7.12. The van der Waals surface area contributed by atoms with Gasteiger partial charge in [-0.15, -0.1) is 11.3 Å². The van der Waals surface area contributed by atoms with Crippen LogP contribution in [0.25, 0.3) is 0 Å². The zero-order chi connectivity index (χ0) is 10.8. The van der Waals surface area contributed by atoms with Crippen molar-refractivity contribution in [3.63, 3.8) is 0 Å². The molecule has 0 saturated heterocycles. The minimum atomic E-state index is -0.226. The van der Waals surface area contributed by atoms with E-state index in [1.54, 1.807) is 0 Å². The van der Waals surface area contributed by atoms with Gasteiger partial charge in [0.2, 0.25) is 0 Å². The summed E-state index contributed by atoms with van der Waals surface area (Å²) in [6, 6.07) is 2.24. The summed E-state index contributed by atoms with van der Waals surface area (Å²) in [4.78, 5) is 2.72. The molecule has 0 aromatic carbocycles. The normalized spacial score (nSPS) is 18.9. The number of rotatable bonds is 4. The van der Waals surface area contributed by atoms with E-state index in [0.717, 1.165) is 12.8 Å². The lowest BCUT2D eigenvalue weighted by Crippen LogP contribution is -2.02. The molecule has 0 fully saturated rings. The molecule has 2 rings (SSSR count). The van der Waals surface area contributed by atoms with E-state index in [-0.39, 0.29) is 6.10 Å². The Morgan fingerprint density at radius 1 is 1.47 bits per heavy atom. The monoisotopic (exact) mass is 224 g/mol. The molecule has 15 heavy (non-hydrogen) atoms. The molecule has 1 aromatic rings. The van der Waals surface area contributed by atoms with Crippen LogP contribution in [0, 0.1) is 5.92 Å². The van der Waals surface area contributed by atoms with Crippen LogP contribution in [0.1, 0.15) is 54.5 Å². The van der Waals surface area contributed by atoms with Gasteiger partial charge in [-0.2, -0.15) is 0 Å². The van der Waals surface area contributed by atoms with Crippen LogP contribution < -0.4 is 0 Å². The molecule has 2 heteroatoms. The maximum absolute atomic E-state index is 10.1. The Hall–Kier alpha value is -0.340. The summed E-state index contributed by atoms with van der Waals surface area (Å²) in [6.07, 6.45) is 5.61. The van der Waals surface area contributed by atoms with Crippen molar-refractivity contribution in [1.82, 2.24) is 0 Å². The molecule has 1 nitrogen and oxygen atoms in total. The molecule has 0 saturated carbocycles. The Kier molecular flexibility index (Phi) is 3.47. The van der Waals surface area contributed by atoms with Crippen LogP contribution in [-0.2, 0) is 12.8 Å². The van der Waals surface area contributed by atoms with E-state index in [2.05, 4.69) is 19.9 Å². The highest BCUT2D eigenvalue weighted by Crippen LogP contribution is 2.35. The molecule has 1 heterocycles. The molecule has 84 valence electrons. The van der Waals surface area contributed by atoms with E-state index in [4.69, 9.17) is 0 Å². The molecule has 2 unspecified atom stereocenters. The molecule has 0 bridgehead atoms. The van der Waals surface area contributed by atoms with Crippen molar-refractivity contribution in [2.24, 2.45) is 5.92 Å². The molecular formula is C13H20OS. The van der Waals surface area contributed by atoms with Crippen molar-refractivity contribution in [1.29, 1.82) is 0 Å². The molecule has 1 aromatic heterocycles. The third-order valence-electron chi connectivity index (χ3n) is 3.42. The van der Waals surface area contributed by atoms with Gasteiger partial charge in [-0.1, -0.05) is 20.3 Å². The van der Waals surface area contributed by atoms with E-state index < -0.39 is 0 Å². The highest BCUT2D eigenvalue weighted by Gasteiger charge is 2.19. The number of fused-ring (bicyclic) bond motifs is 1. The minimum absolute atomic E-state index is 0.226. The molecule has 1 aliphatic carbocycles. The topological polar surface area (TPSA) is 20.2 Å². The fourth-order valence-electron chi connectivity index (χ4n) is 2.18. The summed E-state index contributed by atoms with van der Waals surface area (Å²) in [5.41, 5.74) is 1.50. The fraction of sp³-hybridized carbons (Fsp3) is 0.692. The van der Waals surface area contributed by atoms with Crippen LogP contribution >= 0.6 is 11.3 Å². The zero-order valence-corrected chi connectivity index (χ0v) is 10.4. The van der Waals surface area contributed by atoms with Gasteiger partial charge in [0.15, 0.2) is 0 Å². The number of thiophene rings is 1. The van der Waals surface area contributed by atoms with Crippen molar-refractivity contribution in [3.05, 3.63) is 21.4 Å². The van der Waals surface area contributed by atoms with Gasteiger partial charge in [0.05, 0.1) is 6.10 Å². The minimum Gasteiger partial charge on any atom is -0.388 e. The van der Waals surface area contributed by atoms with E-state index in [0.29, 0.717) is 5.92 Å². The first-order valence-corrected chi connectivity index (χ1v) is 6.82. The van der Waals surface area contributed by atoms with Gasteiger partial charge in [0.1, 0.15) is 0 Å². The van der Waals surface area contributed by atoms with Crippen LogP contribution in [0.2, 0.25) is 0 Å². The second kappa shape index (κ2) is 4.67. The molecule has 1 N–H and O–H groups in total. The number of aryl methyl sites for hydroxylation is 2. The van der Waals surface area contributed by atoms with Crippen molar-refractivity contribution in [2.75, 3.05) is 0 Å². The van der Waals surface area contributed by atoms with Crippen molar-refractivity contribution >= 4 is 11.3 Å². The molecule has 0 aliphatic heterocycles. The predicted molar refractivity (Wildman–Crippen MR) is 65.4 cm³/mol. The standard InChI is InChI=1S/C13H20OS/c1-3-9(2)7-11(14)13-8-10-5-4-6-12(10)15-13/h8-9,11,14H,3-7H2,1-2H3. The third kappa shape index (κ3) is 2.43. The van der Waals surface area contributed by atoms with E-state index >= 15 is 0 Å². The average Bonchev–Trinajstić information content (AvgIpc) is 2.76. The van der Waals surface area contributed by atoms with E-state index in [9.17, 15) is 5.11 Å². The Morgan fingerprint density at radius 2 is 2.27 bits per heavy atom. The average molecular weight is 224 g/mol. The number of hydrogen-bond acceptors (Lipinski definition) is 2. The lowest BCUT2D eigenvalue weighted by atomic mass is 10.00. The summed E-state index contributed by atoms with van der Waals surface area (Å²) < 4.78 is 0. The number of aliphatic hydroxyl groups is 1. The van der Waals surface area contributed by atoms with Gasteiger partial charge in [0, 0.05) is 9.75 Å². The summed E-state index contributed by atoms with van der Waals surface area (Å²) in [5, 5.41) is 10.1. The Balaban J connectivity index is 2.03. The smallest absolute Gasteiger partial charge is 0.0884 e. The molecular weight excluding hydrogens is 204 g/mol. The van der Waals surface area contributed by atoms with Crippen molar-refractivity contribution in [2.45, 2.75) is 52.1 Å². The summed E-state index contributed by atoms with van der Waals surface area (Å²) in [7, 11) is 0. The van der Waals surface area contributed by atoms with Crippen LogP contribution in [0.4, 0.5) is 0 Å². The second-order valence-electron chi connectivity index (χ2n) is 4.72. The zero-order valence-electron chi connectivity index (χ0n) is 9.62. The van der Waals surface area contributed by atoms with Crippen molar-refractivity contribution < 1.29 is 5.11 Å². The number of aliphatic hydroxyl groups excluding tert-OH is 1. The third-order valence-corrected chi connectivity index (χ3v) is 4.75. The first kappa shape index (κ1) is 11.2. The second-order valence-corrected chi connectivity index (χ2v) is 5.88. The maximum Gasteiger partial charge on any atom is 0.0884 e. The van der Waals surface area contributed by atoms with E-state index in [1.165, 1.54) is 34.6 Å². The van der Waals surface area contributed by atoms with Crippen molar-refractivity contribution in [3.8, 4) is 0 Å². The first-order valence-electron chi connectivity index (χ1n) is 6.00. The molecule has 2 atom stereocenters. The van der Waals surface area contributed by atoms with Crippen LogP contribution in [0.3, 0.4) is 0 Å². The Labute approximate surface area is 96.1 Å². The Bertz CT molecular complexity index is 308. The van der Waals surface area contributed by atoms with E-state index in [1.807, 2.05) is 11.3 Å². The Morgan fingerprint density at radius 3 is 2.93 bits per heavy atom. The quantitative estimate of drug-likeness (QED) is 0.826. The lowest BCUT2D eigenvalue weighted by Gasteiger charge is -2.13. The van der Waals surface area contributed by atoms with Gasteiger partial charge in [0.25, 0.3) is 0 Å². The summed E-state index contributed by atoms with van der Waals surface area (Å²) >= 11 is 1.83. The summed E-state index contributed by atoms with van der Waals surface area (Å²) in [6.45, 7) is 4.40.